The molecule has 1 aromatic heterocycles. The molecule has 1 aromatic carbocycles. The van der Waals surface area contributed by atoms with Crippen LogP contribution in [0.5, 0.6) is 5.75 Å². The zero-order valence-corrected chi connectivity index (χ0v) is 10.2. The number of aromatic nitrogens is 1. The molecule has 0 atom stereocenters. The summed E-state index contributed by atoms with van der Waals surface area (Å²) in [6, 6.07) is 9.64. The lowest BCUT2D eigenvalue weighted by atomic mass is 10.3. The largest absolute Gasteiger partial charge is 0.497 e. The molecule has 0 amide bonds. The minimum absolute atomic E-state index is 0.0830. The van der Waals surface area contributed by atoms with Crippen molar-refractivity contribution in [2.45, 2.75) is 0 Å². The molecule has 0 aliphatic heterocycles. The number of hydrogen-bond donors (Lipinski definition) is 2. The third-order valence-corrected chi connectivity index (χ3v) is 2.38. The highest BCUT2D eigenvalue weighted by atomic mass is 16.6. The zero-order chi connectivity index (χ0) is 13.8. The Morgan fingerprint density at radius 2 is 2.16 bits per heavy atom. The van der Waals surface area contributed by atoms with Crippen molar-refractivity contribution < 1.29 is 9.66 Å². The Kier molecular flexibility index (Phi) is 3.46. The summed E-state index contributed by atoms with van der Waals surface area (Å²) in [5, 5.41) is 13.7. The van der Waals surface area contributed by atoms with Gasteiger partial charge in [0.25, 0.3) is 5.69 Å². The van der Waals surface area contributed by atoms with Gasteiger partial charge in [0.05, 0.1) is 24.2 Å². The molecule has 7 heteroatoms. The van der Waals surface area contributed by atoms with E-state index >= 15 is 0 Å². The molecule has 0 spiro atoms. The van der Waals surface area contributed by atoms with Gasteiger partial charge in [-0.25, -0.2) is 4.98 Å². The topological polar surface area (TPSA) is 103 Å². The van der Waals surface area contributed by atoms with Crippen molar-refractivity contribution in [1.29, 1.82) is 0 Å². The van der Waals surface area contributed by atoms with Gasteiger partial charge in [-0.05, 0) is 12.1 Å². The highest BCUT2D eigenvalue weighted by Gasteiger charge is 2.10. The molecule has 19 heavy (non-hydrogen) atoms. The quantitative estimate of drug-likeness (QED) is 0.645. The number of nitrogens with zero attached hydrogens (tertiary/aromatic N) is 2. The fourth-order valence-corrected chi connectivity index (χ4v) is 1.56. The molecule has 0 saturated carbocycles. The van der Waals surface area contributed by atoms with E-state index in [9.17, 15) is 10.1 Å². The van der Waals surface area contributed by atoms with Crippen LogP contribution in [0.1, 0.15) is 0 Å². The van der Waals surface area contributed by atoms with Crippen LogP contribution in [-0.4, -0.2) is 17.0 Å². The van der Waals surface area contributed by atoms with E-state index in [0.29, 0.717) is 17.3 Å². The van der Waals surface area contributed by atoms with Gasteiger partial charge >= 0.3 is 0 Å². The molecule has 2 aromatic rings. The number of nitrogens with one attached hydrogen (secondary N) is 1. The summed E-state index contributed by atoms with van der Waals surface area (Å²) in [4.78, 5) is 14.2. The first kappa shape index (κ1) is 12.6. The Morgan fingerprint density at radius 3 is 2.84 bits per heavy atom. The number of ether oxygens (including phenoxy) is 1. The van der Waals surface area contributed by atoms with E-state index < -0.39 is 4.92 Å². The Labute approximate surface area is 109 Å². The monoisotopic (exact) mass is 260 g/mol. The minimum atomic E-state index is -0.519. The summed E-state index contributed by atoms with van der Waals surface area (Å²) in [7, 11) is 1.56. The maximum absolute atomic E-state index is 10.7. The molecule has 3 N–H and O–H groups in total. The molecule has 0 aliphatic carbocycles. The number of rotatable bonds is 4. The Morgan fingerprint density at radius 1 is 1.37 bits per heavy atom. The van der Waals surface area contributed by atoms with Crippen LogP contribution in [0, 0.1) is 10.1 Å². The second-order valence-corrected chi connectivity index (χ2v) is 3.75. The first-order valence-corrected chi connectivity index (χ1v) is 5.41. The molecule has 0 bridgehead atoms. The van der Waals surface area contributed by atoms with E-state index in [1.54, 1.807) is 31.4 Å². The first-order valence-electron chi connectivity index (χ1n) is 5.41. The molecule has 98 valence electrons. The van der Waals surface area contributed by atoms with Gasteiger partial charge in [-0.1, -0.05) is 6.07 Å². The molecule has 0 fully saturated rings. The minimum Gasteiger partial charge on any atom is -0.497 e. The standard InChI is InChI=1S/C12H12N4O3/c1-19-10-4-2-3-8(5-10)14-12-7-9(16(17)18)6-11(13)15-12/h2-7H,1H3,(H3,13,14,15). The Bertz CT molecular complexity index is 616. The van der Waals surface area contributed by atoms with Crippen molar-refractivity contribution in [3.63, 3.8) is 0 Å². The summed E-state index contributed by atoms with van der Waals surface area (Å²) < 4.78 is 5.08. The summed E-state index contributed by atoms with van der Waals surface area (Å²) in [5.74, 6) is 1.06. The van der Waals surface area contributed by atoms with Crippen LogP contribution in [0.4, 0.5) is 23.0 Å². The van der Waals surface area contributed by atoms with E-state index in [0.717, 1.165) is 0 Å². The van der Waals surface area contributed by atoms with Crippen molar-refractivity contribution in [1.82, 2.24) is 4.98 Å². The number of nitrogens with two attached hydrogens (primary N) is 1. The summed E-state index contributed by atoms with van der Waals surface area (Å²) >= 11 is 0. The average Bonchev–Trinajstić information content (AvgIpc) is 2.38. The predicted molar refractivity (Wildman–Crippen MR) is 71.6 cm³/mol. The van der Waals surface area contributed by atoms with Gasteiger partial charge in [-0.3, -0.25) is 10.1 Å². The maximum atomic E-state index is 10.7. The second-order valence-electron chi connectivity index (χ2n) is 3.75. The van der Waals surface area contributed by atoms with Gasteiger partial charge in [0.15, 0.2) is 0 Å². The van der Waals surface area contributed by atoms with Crippen LogP contribution in [-0.2, 0) is 0 Å². The van der Waals surface area contributed by atoms with Crippen LogP contribution in [0.2, 0.25) is 0 Å². The number of methoxy groups -OCH3 is 1. The lowest BCUT2D eigenvalue weighted by Crippen LogP contribution is -2.00. The second kappa shape index (κ2) is 5.21. The van der Waals surface area contributed by atoms with Gasteiger partial charge in [-0.15, -0.1) is 0 Å². The molecule has 1 heterocycles. The normalized spacial score (nSPS) is 9.95. The maximum Gasteiger partial charge on any atom is 0.276 e. The number of nitrogen functional groups attached to an aromatic ring is 1. The van der Waals surface area contributed by atoms with Crippen molar-refractivity contribution in [3.05, 3.63) is 46.5 Å². The summed E-state index contributed by atoms with van der Waals surface area (Å²) in [6.45, 7) is 0. The molecular formula is C12H12N4O3. The van der Waals surface area contributed by atoms with Crippen molar-refractivity contribution in [2.75, 3.05) is 18.2 Å². The number of anilines is 3. The van der Waals surface area contributed by atoms with E-state index in [1.165, 1.54) is 12.1 Å². The number of pyridine rings is 1. The smallest absolute Gasteiger partial charge is 0.276 e. The van der Waals surface area contributed by atoms with Gasteiger partial charge < -0.3 is 15.8 Å². The van der Waals surface area contributed by atoms with Crippen LogP contribution in [0.3, 0.4) is 0 Å². The SMILES string of the molecule is COc1cccc(Nc2cc([N+](=O)[O-])cc(N)n2)c1. The lowest BCUT2D eigenvalue weighted by molar-refractivity contribution is -0.384. The van der Waals surface area contributed by atoms with Crippen LogP contribution < -0.4 is 15.8 Å². The predicted octanol–water partition coefficient (Wildman–Crippen LogP) is 2.32. The molecule has 0 unspecified atom stereocenters. The average molecular weight is 260 g/mol. The molecular weight excluding hydrogens is 248 g/mol. The lowest BCUT2D eigenvalue weighted by Gasteiger charge is -2.07. The van der Waals surface area contributed by atoms with Gasteiger partial charge in [-0.2, -0.15) is 0 Å². The van der Waals surface area contributed by atoms with Gasteiger partial charge in [0, 0.05) is 11.8 Å². The summed E-state index contributed by atoms with van der Waals surface area (Å²) in [5.41, 5.74) is 6.11. The summed E-state index contributed by atoms with van der Waals surface area (Å²) in [6.07, 6.45) is 0. The highest BCUT2D eigenvalue weighted by Crippen LogP contribution is 2.24. The van der Waals surface area contributed by atoms with E-state index in [2.05, 4.69) is 10.3 Å². The fourth-order valence-electron chi connectivity index (χ4n) is 1.56. The fraction of sp³-hybridized carbons (Fsp3) is 0.0833. The first-order chi connectivity index (χ1) is 9.08. The van der Waals surface area contributed by atoms with Crippen LogP contribution >= 0.6 is 0 Å². The Hall–Kier alpha value is -2.83. The van der Waals surface area contributed by atoms with Crippen molar-refractivity contribution in [3.8, 4) is 5.75 Å². The number of hydrogen-bond acceptors (Lipinski definition) is 6. The third-order valence-electron chi connectivity index (χ3n) is 2.38. The van der Waals surface area contributed by atoms with E-state index in [-0.39, 0.29) is 11.5 Å². The van der Waals surface area contributed by atoms with Crippen molar-refractivity contribution >= 4 is 23.0 Å². The van der Waals surface area contributed by atoms with Gasteiger partial charge in [0.2, 0.25) is 0 Å². The third kappa shape index (κ3) is 3.09. The highest BCUT2D eigenvalue weighted by molar-refractivity contribution is 5.62. The molecule has 0 saturated heterocycles. The number of nitro groups is 1. The van der Waals surface area contributed by atoms with E-state index in [1.807, 2.05) is 0 Å². The number of benzene rings is 1. The Balaban J connectivity index is 2.29. The molecule has 0 radical (unpaired) electrons. The molecule has 7 nitrogen and oxygen atoms in total. The zero-order valence-electron chi connectivity index (χ0n) is 10.2. The van der Waals surface area contributed by atoms with Crippen LogP contribution in [0.15, 0.2) is 36.4 Å². The molecule has 2 rings (SSSR count). The molecule has 0 aliphatic rings. The van der Waals surface area contributed by atoms with Crippen molar-refractivity contribution in [2.24, 2.45) is 0 Å². The van der Waals surface area contributed by atoms with Crippen LogP contribution in [0.25, 0.3) is 0 Å². The van der Waals surface area contributed by atoms with Gasteiger partial charge in [0.1, 0.15) is 17.4 Å². The van der Waals surface area contributed by atoms with E-state index in [4.69, 9.17) is 10.5 Å².